The maximum absolute atomic E-state index is 12.5. The summed E-state index contributed by atoms with van der Waals surface area (Å²) in [6.07, 6.45) is -1.23. The van der Waals surface area contributed by atoms with Crippen LogP contribution in [0.5, 0.6) is 0 Å². The van der Waals surface area contributed by atoms with E-state index in [1.54, 1.807) is 0 Å². The fourth-order valence-electron chi connectivity index (χ4n) is 1.57. The zero-order chi connectivity index (χ0) is 10.3. The predicted octanol–water partition coefficient (Wildman–Crippen LogP) is 0.928. The summed E-state index contributed by atoms with van der Waals surface area (Å²) < 4.78 is 26.4. The number of aliphatic imine (C=N–C) groups is 1. The third kappa shape index (κ3) is 1.26. The van der Waals surface area contributed by atoms with E-state index in [-0.39, 0.29) is 17.7 Å². The summed E-state index contributed by atoms with van der Waals surface area (Å²) in [6.45, 7) is 2.24. The highest BCUT2D eigenvalue weighted by molar-refractivity contribution is 5.96. The minimum absolute atomic E-state index is 0.0748. The summed E-state index contributed by atoms with van der Waals surface area (Å²) in [5.41, 5.74) is 6.08. The molecule has 6 heteroatoms. The molecule has 1 aromatic heterocycles. The van der Waals surface area contributed by atoms with Crippen molar-refractivity contribution in [2.24, 2.45) is 10.7 Å². The van der Waals surface area contributed by atoms with E-state index in [0.717, 1.165) is 0 Å². The third-order valence-corrected chi connectivity index (χ3v) is 2.15. The van der Waals surface area contributed by atoms with Crippen molar-refractivity contribution >= 4 is 5.84 Å². The Morgan fingerprint density at radius 1 is 1.64 bits per heavy atom. The van der Waals surface area contributed by atoms with Gasteiger partial charge < -0.3 is 10.3 Å². The largest absolute Gasteiger partial charge is 0.382 e. The predicted molar refractivity (Wildman–Crippen MR) is 47.4 cm³/mol. The number of fused-ring (bicyclic) bond motifs is 1. The van der Waals surface area contributed by atoms with Gasteiger partial charge in [-0.05, 0) is 6.92 Å². The lowest BCUT2D eigenvalue weighted by molar-refractivity contribution is 0.134. The lowest BCUT2D eigenvalue weighted by Gasteiger charge is -2.19. The van der Waals surface area contributed by atoms with Gasteiger partial charge in [0.15, 0.2) is 5.82 Å². The summed E-state index contributed by atoms with van der Waals surface area (Å²) in [5, 5.41) is 0. The first-order valence-electron chi connectivity index (χ1n) is 4.27. The van der Waals surface area contributed by atoms with Crippen molar-refractivity contribution in [2.75, 3.05) is 0 Å². The van der Waals surface area contributed by atoms with E-state index >= 15 is 0 Å². The van der Waals surface area contributed by atoms with Crippen LogP contribution in [0.15, 0.2) is 11.2 Å². The maximum atomic E-state index is 12.5. The Morgan fingerprint density at radius 2 is 2.36 bits per heavy atom. The van der Waals surface area contributed by atoms with Gasteiger partial charge in [0, 0.05) is 6.54 Å². The van der Waals surface area contributed by atoms with Gasteiger partial charge in [-0.3, -0.25) is 4.99 Å². The van der Waals surface area contributed by atoms with E-state index in [1.807, 2.05) is 6.92 Å². The van der Waals surface area contributed by atoms with Crippen LogP contribution in [0.2, 0.25) is 0 Å². The van der Waals surface area contributed by atoms with Gasteiger partial charge in [0.05, 0.1) is 12.2 Å². The topological polar surface area (TPSA) is 56.2 Å². The van der Waals surface area contributed by atoms with Crippen LogP contribution in [-0.4, -0.2) is 21.4 Å². The zero-order valence-corrected chi connectivity index (χ0v) is 7.61. The second kappa shape index (κ2) is 3.04. The van der Waals surface area contributed by atoms with Gasteiger partial charge in [0.1, 0.15) is 11.5 Å². The maximum Gasteiger partial charge on any atom is 0.295 e. The second-order valence-electron chi connectivity index (χ2n) is 3.28. The number of imidazole rings is 1. The number of aromatic nitrogens is 2. The summed E-state index contributed by atoms with van der Waals surface area (Å²) >= 11 is 0. The smallest absolute Gasteiger partial charge is 0.295 e. The van der Waals surface area contributed by atoms with Gasteiger partial charge in [-0.2, -0.15) is 0 Å². The molecule has 14 heavy (non-hydrogen) atoms. The van der Waals surface area contributed by atoms with Gasteiger partial charge in [-0.25, -0.2) is 13.8 Å². The van der Waals surface area contributed by atoms with Crippen LogP contribution in [0.3, 0.4) is 0 Å². The molecule has 0 amide bonds. The van der Waals surface area contributed by atoms with Crippen LogP contribution in [-0.2, 0) is 6.54 Å². The Labute approximate surface area is 79.5 Å². The van der Waals surface area contributed by atoms with Crippen molar-refractivity contribution < 1.29 is 8.78 Å². The molecular weight excluding hydrogens is 190 g/mol. The Hall–Kier alpha value is -1.46. The number of nitrogens with zero attached hydrogens (tertiary/aromatic N) is 3. The summed E-state index contributed by atoms with van der Waals surface area (Å²) in [7, 11) is 0. The number of hydrogen-bond acceptors (Lipinski definition) is 3. The van der Waals surface area contributed by atoms with E-state index in [2.05, 4.69) is 9.98 Å². The van der Waals surface area contributed by atoms with E-state index in [9.17, 15) is 8.78 Å². The van der Waals surface area contributed by atoms with Crippen LogP contribution in [0.25, 0.3) is 0 Å². The molecule has 1 aliphatic heterocycles. The minimum Gasteiger partial charge on any atom is -0.382 e. The van der Waals surface area contributed by atoms with Gasteiger partial charge >= 0.3 is 0 Å². The van der Waals surface area contributed by atoms with Gasteiger partial charge in [-0.1, -0.05) is 0 Å². The molecule has 1 aliphatic rings. The molecule has 76 valence electrons. The number of rotatable bonds is 1. The molecule has 0 bridgehead atoms. The average molecular weight is 200 g/mol. The van der Waals surface area contributed by atoms with Crippen molar-refractivity contribution in [1.82, 2.24) is 9.55 Å². The highest BCUT2D eigenvalue weighted by atomic mass is 19.3. The third-order valence-electron chi connectivity index (χ3n) is 2.15. The number of hydrogen-bond donors (Lipinski definition) is 1. The van der Waals surface area contributed by atoms with Crippen molar-refractivity contribution in [3.63, 3.8) is 0 Å². The van der Waals surface area contributed by atoms with Crippen LogP contribution in [0.4, 0.5) is 8.78 Å². The molecule has 0 unspecified atom stereocenters. The molecule has 0 radical (unpaired) electrons. The first-order valence-corrected chi connectivity index (χ1v) is 4.27. The molecule has 0 spiro atoms. The molecule has 4 nitrogen and oxygen atoms in total. The molecule has 2 N–H and O–H groups in total. The number of halogens is 2. The van der Waals surface area contributed by atoms with Crippen molar-refractivity contribution in [3.05, 3.63) is 17.7 Å². The quantitative estimate of drug-likeness (QED) is 0.733. The van der Waals surface area contributed by atoms with Crippen LogP contribution in [0, 0.1) is 0 Å². The Morgan fingerprint density at radius 3 is 3.00 bits per heavy atom. The van der Waals surface area contributed by atoms with E-state index in [4.69, 9.17) is 5.73 Å². The normalized spacial score (nSPS) is 20.9. The van der Waals surface area contributed by atoms with Crippen molar-refractivity contribution in [3.8, 4) is 0 Å². The molecule has 2 rings (SSSR count). The second-order valence-corrected chi connectivity index (χ2v) is 3.28. The molecular formula is C8H10F2N4. The molecule has 1 aromatic rings. The molecule has 2 heterocycles. The molecule has 1 atom stereocenters. The molecule has 0 saturated carbocycles. The Bertz CT molecular complexity index is 383. The standard InChI is InChI=1S/C8H10F2N4/c1-4-3-14-5(7(11)13-4)2-12-8(14)6(9)10/h2,4,6H,3H2,1H3,(H2,11,13)/t4-/m1/s1. The lowest BCUT2D eigenvalue weighted by Crippen LogP contribution is -2.29. The number of alkyl halides is 2. The van der Waals surface area contributed by atoms with Crippen molar-refractivity contribution in [2.45, 2.75) is 25.9 Å². The molecule has 0 aliphatic carbocycles. The average Bonchev–Trinajstić information content (AvgIpc) is 2.47. The number of nitrogens with two attached hydrogens (primary N) is 1. The lowest BCUT2D eigenvalue weighted by atomic mass is 10.2. The highest BCUT2D eigenvalue weighted by Gasteiger charge is 2.24. The van der Waals surface area contributed by atoms with Crippen LogP contribution >= 0.6 is 0 Å². The summed E-state index contributed by atoms with van der Waals surface area (Å²) in [6, 6.07) is -0.0748. The fourth-order valence-corrected chi connectivity index (χ4v) is 1.57. The van der Waals surface area contributed by atoms with Crippen LogP contribution in [0.1, 0.15) is 24.9 Å². The number of amidine groups is 1. The molecule has 0 fully saturated rings. The summed E-state index contributed by atoms with van der Waals surface area (Å²) in [4.78, 5) is 7.72. The molecule has 0 saturated heterocycles. The highest BCUT2D eigenvalue weighted by Crippen LogP contribution is 2.21. The fraction of sp³-hybridized carbons (Fsp3) is 0.500. The van der Waals surface area contributed by atoms with Crippen molar-refractivity contribution in [1.29, 1.82) is 0 Å². The van der Waals surface area contributed by atoms with Gasteiger partial charge in [0.2, 0.25) is 0 Å². The monoisotopic (exact) mass is 200 g/mol. The Kier molecular flexibility index (Phi) is 1.98. The van der Waals surface area contributed by atoms with E-state index < -0.39 is 6.43 Å². The first kappa shape index (κ1) is 9.11. The minimum atomic E-state index is -2.57. The zero-order valence-electron chi connectivity index (χ0n) is 7.61. The summed E-state index contributed by atoms with van der Waals surface area (Å²) in [5.74, 6) is 0.0489. The van der Waals surface area contributed by atoms with E-state index in [0.29, 0.717) is 12.2 Å². The SMILES string of the molecule is C[C@@H]1Cn2c(cnc2C(F)F)C(N)=N1. The van der Waals surface area contributed by atoms with Gasteiger partial charge in [-0.15, -0.1) is 0 Å². The van der Waals surface area contributed by atoms with Crippen LogP contribution < -0.4 is 5.73 Å². The molecule has 0 aromatic carbocycles. The van der Waals surface area contributed by atoms with E-state index in [1.165, 1.54) is 10.8 Å². The first-order chi connectivity index (χ1) is 6.59. The Balaban J connectivity index is 2.49. The van der Waals surface area contributed by atoms with Gasteiger partial charge in [0.25, 0.3) is 6.43 Å².